The van der Waals surface area contributed by atoms with E-state index >= 15 is 0 Å². The number of carbonyl (C=O) groups excluding carboxylic acids is 1. The summed E-state index contributed by atoms with van der Waals surface area (Å²) in [6, 6.07) is 9.28. The van der Waals surface area contributed by atoms with Gasteiger partial charge in [0.25, 0.3) is 11.5 Å². The van der Waals surface area contributed by atoms with Gasteiger partial charge in [0, 0.05) is 0 Å². The number of hydrogen-bond donors (Lipinski definition) is 2. The van der Waals surface area contributed by atoms with E-state index in [4.69, 9.17) is 5.21 Å². The first-order valence-electron chi connectivity index (χ1n) is 6.12. The molecule has 3 aromatic rings. The summed E-state index contributed by atoms with van der Waals surface area (Å²) in [6.07, 6.45) is 2.66. The lowest BCUT2D eigenvalue weighted by molar-refractivity contribution is -0.129. The number of carbonyl (C=O) groups is 1. The Labute approximate surface area is 118 Å². The van der Waals surface area contributed by atoms with Crippen LogP contribution in [0.4, 0.5) is 0 Å². The van der Waals surface area contributed by atoms with Crippen LogP contribution in [0.5, 0.6) is 0 Å². The Balaban J connectivity index is 2.11. The van der Waals surface area contributed by atoms with Crippen LogP contribution in [0.3, 0.4) is 0 Å². The van der Waals surface area contributed by atoms with Crippen molar-refractivity contribution in [2.24, 2.45) is 0 Å². The molecule has 3 rings (SSSR count). The number of benzene rings is 1. The maximum atomic E-state index is 12.2. The van der Waals surface area contributed by atoms with Crippen LogP contribution in [0.25, 0.3) is 16.7 Å². The van der Waals surface area contributed by atoms with E-state index in [-0.39, 0.29) is 6.54 Å². The number of hydroxylamine groups is 1. The van der Waals surface area contributed by atoms with Crippen LogP contribution < -0.4 is 11.0 Å². The van der Waals surface area contributed by atoms with Gasteiger partial charge in [-0.3, -0.25) is 19.4 Å². The zero-order valence-corrected chi connectivity index (χ0v) is 10.8. The third-order valence-electron chi connectivity index (χ3n) is 2.99. The van der Waals surface area contributed by atoms with Gasteiger partial charge in [-0.2, -0.15) is 5.10 Å². The molecule has 106 valence electrons. The topological polar surface area (TPSA) is 102 Å². The first-order chi connectivity index (χ1) is 10.2. The fourth-order valence-electron chi connectivity index (χ4n) is 2.01. The molecule has 1 amide bonds. The number of amides is 1. The number of nitrogens with one attached hydrogen (secondary N) is 1. The molecular formula is C13H11N5O3. The molecule has 0 bridgehead atoms. The normalized spacial score (nSPS) is 10.7. The van der Waals surface area contributed by atoms with Crippen molar-refractivity contribution < 1.29 is 10.0 Å². The summed E-state index contributed by atoms with van der Waals surface area (Å²) in [5, 5.41) is 13.0. The molecule has 0 unspecified atom stereocenters. The lowest BCUT2D eigenvalue weighted by Gasteiger charge is -2.05. The average Bonchev–Trinajstić information content (AvgIpc) is 2.95. The van der Waals surface area contributed by atoms with E-state index in [1.165, 1.54) is 18.0 Å². The number of para-hydroxylation sites is 1. The molecule has 2 aromatic heterocycles. The standard InChI is InChI=1S/C13H11N5O3/c19-11(16-21)7-17-8-14-12-10(13(17)20)6-15-18(12)9-4-2-1-3-5-9/h1-6,8,21H,7H2,(H,16,19). The summed E-state index contributed by atoms with van der Waals surface area (Å²) in [4.78, 5) is 27.5. The van der Waals surface area contributed by atoms with Gasteiger partial charge >= 0.3 is 0 Å². The van der Waals surface area contributed by atoms with Crippen molar-refractivity contribution in [3.63, 3.8) is 0 Å². The Morgan fingerprint density at radius 2 is 2.05 bits per heavy atom. The molecule has 1 aromatic carbocycles. The highest BCUT2D eigenvalue weighted by Gasteiger charge is 2.12. The SMILES string of the molecule is O=C(Cn1cnc2c(cnn2-c2ccccc2)c1=O)NO. The van der Waals surface area contributed by atoms with Gasteiger partial charge in [-0.05, 0) is 12.1 Å². The van der Waals surface area contributed by atoms with Crippen molar-refractivity contribution in [1.29, 1.82) is 0 Å². The van der Waals surface area contributed by atoms with Gasteiger partial charge in [0.1, 0.15) is 18.3 Å². The molecule has 0 atom stereocenters. The summed E-state index contributed by atoms with van der Waals surface area (Å²) in [5.41, 5.74) is 2.27. The summed E-state index contributed by atoms with van der Waals surface area (Å²) < 4.78 is 2.65. The van der Waals surface area contributed by atoms with Crippen molar-refractivity contribution in [1.82, 2.24) is 24.8 Å². The van der Waals surface area contributed by atoms with E-state index in [1.807, 2.05) is 30.3 Å². The van der Waals surface area contributed by atoms with Crippen LogP contribution in [-0.2, 0) is 11.3 Å². The van der Waals surface area contributed by atoms with Gasteiger partial charge in [-0.15, -0.1) is 0 Å². The molecule has 2 N–H and O–H groups in total. The van der Waals surface area contributed by atoms with Gasteiger partial charge in [-0.25, -0.2) is 15.1 Å². The summed E-state index contributed by atoms with van der Waals surface area (Å²) in [7, 11) is 0. The van der Waals surface area contributed by atoms with Crippen LogP contribution in [0.15, 0.2) is 47.7 Å². The first kappa shape index (κ1) is 13.0. The fraction of sp³-hybridized carbons (Fsp3) is 0.0769. The lowest BCUT2D eigenvalue weighted by atomic mass is 10.3. The fourth-order valence-corrected chi connectivity index (χ4v) is 2.01. The van der Waals surface area contributed by atoms with E-state index in [0.29, 0.717) is 11.0 Å². The van der Waals surface area contributed by atoms with E-state index in [9.17, 15) is 9.59 Å². The molecule has 2 heterocycles. The van der Waals surface area contributed by atoms with E-state index in [0.717, 1.165) is 10.3 Å². The summed E-state index contributed by atoms with van der Waals surface area (Å²) >= 11 is 0. The second kappa shape index (κ2) is 5.17. The van der Waals surface area contributed by atoms with E-state index in [1.54, 1.807) is 4.68 Å². The number of nitrogens with zero attached hydrogens (tertiary/aromatic N) is 4. The highest BCUT2D eigenvalue weighted by atomic mass is 16.5. The predicted molar refractivity (Wildman–Crippen MR) is 73.1 cm³/mol. The molecule has 0 aliphatic carbocycles. The highest BCUT2D eigenvalue weighted by molar-refractivity contribution is 5.77. The third-order valence-corrected chi connectivity index (χ3v) is 2.99. The Hall–Kier alpha value is -3.00. The van der Waals surface area contributed by atoms with Crippen molar-refractivity contribution in [3.05, 3.63) is 53.2 Å². The second-order valence-corrected chi connectivity index (χ2v) is 4.34. The predicted octanol–water partition coefficient (Wildman–Crippen LogP) is 0.0876. The lowest BCUT2D eigenvalue weighted by Crippen LogP contribution is -2.30. The molecule has 0 aliphatic heterocycles. The molecule has 0 saturated heterocycles. The van der Waals surface area contributed by atoms with Crippen molar-refractivity contribution in [3.8, 4) is 5.69 Å². The van der Waals surface area contributed by atoms with Crippen molar-refractivity contribution in [2.75, 3.05) is 0 Å². The third kappa shape index (κ3) is 2.28. The Bertz CT molecular complexity index is 853. The van der Waals surface area contributed by atoms with Crippen LogP contribution in [0.2, 0.25) is 0 Å². The Morgan fingerprint density at radius 3 is 2.76 bits per heavy atom. The van der Waals surface area contributed by atoms with E-state index < -0.39 is 11.5 Å². The van der Waals surface area contributed by atoms with Gasteiger partial charge in [0.2, 0.25) is 0 Å². The molecule has 0 saturated carbocycles. The van der Waals surface area contributed by atoms with Gasteiger partial charge in [0.15, 0.2) is 5.65 Å². The van der Waals surface area contributed by atoms with Gasteiger partial charge in [-0.1, -0.05) is 18.2 Å². The Morgan fingerprint density at radius 1 is 1.29 bits per heavy atom. The van der Waals surface area contributed by atoms with E-state index in [2.05, 4.69) is 10.1 Å². The van der Waals surface area contributed by atoms with Gasteiger partial charge in [0.05, 0.1) is 11.9 Å². The van der Waals surface area contributed by atoms with Gasteiger partial charge < -0.3 is 0 Å². The number of rotatable bonds is 3. The van der Waals surface area contributed by atoms with Crippen LogP contribution >= 0.6 is 0 Å². The zero-order valence-electron chi connectivity index (χ0n) is 10.8. The zero-order chi connectivity index (χ0) is 14.8. The highest BCUT2D eigenvalue weighted by Crippen LogP contribution is 2.12. The first-order valence-corrected chi connectivity index (χ1v) is 6.12. The minimum Gasteiger partial charge on any atom is -0.289 e. The molecule has 8 nitrogen and oxygen atoms in total. The quantitative estimate of drug-likeness (QED) is 0.524. The molecule has 0 fully saturated rings. The monoisotopic (exact) mass is 285 g/mol. The molecule has 0 radical (unpaired) electrons. The molecular weight excluding hydrogens is 274 g/mol. The minimum atomic E-state index is -0.700. The number of hydrogen-bond acceptors (Lipinski definition) is 5. The number of aromatic nitrogens is 4. The number of fused-ring (bicyclic) bond motifs is 1. The maximum absolute atomic E-state index is 12.2. The molecule has 8 heteroatoms. The maximum Gasteiger partial charge on any atom is 0.264 e. The second-order valence-electron chi connectivity index (χ2n) is 4.34. The van der Waals surface area contributed by atoms with Crippen molar-refractivity contribution >= 4 is 16.9 Å². The largest absolute Gasteiger partial charge is 0.289 e. The average molecular weight is 285 g/mol. The minimum absolute atomic E-state index is 0.298. The smallest absolute Gasteiger partial charge is 0.264 e. The van der Waals surface area contributed by atoms with Crippen LogP contribution in [0.1, 0.15) is 0 Å². The molecule has 0 spiro atoms. The van der Waals surface area contributed by atoms with Crippen molar-refractivity contribution in [2.45, 2.75) is 6.54 Å². The molecule has 0 aliphatic rings. The molecule has 21 heavy (non-hydrogen) atoms. The van der Waals surface area contributed by atoms with Crippen LogP contribution in [-0.4, -0.2) is 30.4 Å². The summed E-state index contributed by atoms with van der Waals surface area (Å²) in [5.74, 6) is -0.700. The Kier molecular flexibility index (Phi) is 3.20. The summed E-state index contributed by atoms with van der Waals surface area (Å²) in [6.45, 7) is -0.311. The van der Waals surface area contributed by atoms with Crippen LogP contribution in [0, 0.1) is 0 Å².